The minimum Gasteiger partial charge on any atom is -0.476 e. The summed E-state index contributed by atoms with van der Waals surface area (Å²) in [5, 5.41) is 6.85. The molecular formula is C12H19N3O3. The van der Waals surface area contributed by atoms with Crippen LogP contribution in [0.15, 0.2) is 6.20 Å². The van der Waals surface area contributed by atoms with Gasteiger partial charge >= 0.3 is 6.09 Å². The highest BCUT2D eigenvalue weighted by Crippen LogP contribution is 2.27. The van der Waals surface area contributed by atoms with E-state index in [0.29, 0.717) is 18.2 Å². The van der Waals surface area contributed by atoms with Gasteiger partial charge in [-0.05, 0) is 33.6 Å². The molecule has 0 bridgehead atoms. The molecule has 0 aliphatic carbocycles. The van der Waals surface area contributed by atoms with E-state index >= 15 is 0 Å². The molecule has 1 aromatic rings. The molecule has 1 N–H and O–H groups in total. The van der Waals surface area contributed by atoms with Gasteiger partial charge in [-0.2, -0.15) is 5.10 Å². The molecule has 0 fully saturated rings. The molecule has 0 atom stereocenters. The van der Waals surface area contributed by atoms with Crippen molar-refractivity contribution in [3.63, 3.8) is 0 Å². The first kappa shape index (κ1) is 12.7. The first-order chi connectivity index (χ1) is 8.46. The third-order valence-electron chi connectivity index (χ3n) is 2.43. The highest BCUT2D eigenvalue weighted by molar-refractivity contribution is 5.86. The van der Waals surface area contributed by atoms with Crippen LogP contribution in [0.4, 0.5) is 10.5 Å². The Labute approximate surface area is 106 Å². The number of rotatable bonds is 1. The number of hydrogen-bond donors (Lipinski definition) is 1. The minimum atomic E-state index is -0.519. The van der Waals surface area contributed by atoms with Gasteiger partial charge in [0.1, 0.15) is 11.3 Å². The Morgan fingerprint density at radius 1 is 1.50 bits per heavy atom. The van der Waals surface area contributed by atoms with E-state index in [1.807, 2.05) is 20.8 Å². The Morgan fingerprint density at radius 2 is 2.28 bits per heavy atom. The Bertz CT molecular complexity index is 434. The highest BCUT2D eigenvalue weighted by atomic mass is 16.6. The van der Waals surface area contributed by atoms with Crippen LogP contribution in [0.5, 0.6) is 5.88 Å². The molecule has 2 heterocycles. The number of amides is 1. The van der Waals surface area contributed by atoms with Crippen molar-refractivity contribution in [3.05, 3.63) is 6.20 Å². The molecule has 1 aromatic heterocycles. The molecule has 1 aliphatic rings. The summed E-state index contributed by atoms with van der Waals surface area (Å²) in [4.78, 5) is 11.7. The zero-order valence-electron chi connectivity index (χ0n) is 11.0. The fourth-order valence-electron chi connectivity index (χ4n) is 1.72. The van der Waals surface area contributed by atoms with Crippen molar-refractivity contribution in [3.8, 4) is 5.88 Å². The van der Waals surface area contributed by atoms with Crippen molar-refractivity contribution in [1.29, 1.82) is 0 Å². The molecule has 0 radical (unpaired) electrons. The fraction of sp³-hybridized carbons (Fsp3) is 0.667. The van der Waals surface area contributed by atoms with Crippen molar-refractivity contribution >= 4 is 11.8 Å². The average molecular weight is 253 g/mol. The summed E-state index contributed by atoms with van der Waals surface area (Å²) in [6, 6.07) is 0. The van der Waals surface area contributed by atoms with Crippen molar-refractivity contribution in [2.45, 2.75) is 45.8 Å². The van der Waals surface area contributed by atoms with E-state index in [1.54, 1.807) is 10.9 Å². The van der Waals surface area contributed by atoms with Gasteiger partial charge in [0.15, 0.2) is 0 Å². The van der Waals surface area contributed by atoms with E-state index in [4.69, 9.17) is 9.47 Å². The Balaban J connectivity index is 2.06. The van der Waals surface area contributed by atoms with Gasteiger partial charge < -0.3 is 9.47 Å². The summed E-state index contributed by atoms with van der Waals surface area (Å²) in [5.41, 5.74) is 0.0425. The zero-order valence-corrected chi connectivity index (χ0v) is 11.0. The number of aryl methyl sites for hydroxylation is 1. The number of carbonyl (C=O) groups excluding carboxylic acids is 1. The van der Waals surface area contributed by atoms with Gasteiger partial charge in [0, 0.05) is 6.54 Å². The number of nitrogens with one attached hydrogen (secondary N) is 1. The first-order valence-corrected chi connectivity index (χ1v) is 6.14. The van der Waals surface area contributed by atoms with Gasteiger partial charge in [-0.15, -0.1) is 0 Å². The van der Waals surface area contributed by atoms with Gasteiger partial charge in [0.05, 0.1) is 12.8 Å². The van der Waals surface area contributed by atoms with E-state index in [9.17, 15) is 4.79 Å². The van der Waals surface area contributed by atoms with E-state index in [1.165, 1.54) is 0 Å². The maximum Gasteiger partial charge on any atom is 0.412 e. The standard InChI is InChI=1S/C12H19N3O3/c1-12(2,3)18-11(16)14-9-8-13-15-6-4-5-7-17-10(9)15/h8H,4-7H2,1-3H3,(H,14,16). The van der Waals surface area contributed by atoms with Gasteiger partial charge in [-0.25, -0.2) is 9.48 Å². The summed E-state index contributed by atoms with van der Waals surface area (Å²) in [7, 11) is 0. The molecule has 0 aromatic carbocycles. The van der Waals surface area contributed by atoms with Gasteiger partial charge in [0.2, 0.25) is 5.88 Å². The first-order valence-electron chi connectivity index (χ1n) is 6.14. The number of hydrogen-bond acceptors (Lipinski definition) is 4. The monoisotopic (exact) mass is 253 g/mol. The molecule has 1 amide bonds. The summed E-state index contributed by atoms with van der Waals surface area (Å²) in [6.45, 7) is 6.92. The lowest BCUT2D eigenvalue weighted by Gasteiger charge is -2.19. The number of fused-ring (bicyclic) bond motifs is 1. The minimum absolute atomic E-state index is 0.494. The molecule has 0 saturated heterocycles. The van der Waals surface area contributed by atoms with Gasteiger partial charge in [-0.1, -0.05) is 0 Å². The third kappa shape index (κ3) is 3.15. The zero-order chi connectivity index (χ0) is 13.2. The summed E-state index contributed by atoms with van der Waals surface area (Å²) >= 11 is 0. The van der Waals surface area contributed by atoms with Crippen molar-refractivity contribution in [2.75, 3.05) is 11.9 Å². The van der Waals surface area contributed by atoms with Crippen molar-refractivity contribution < 1.29 is 14.3 Å². The highest BCUT2D eigenvalue weighted by Gasteiger charge is 2.20. The van der Waals surface area contributed by atoms with Crippen molar-refractivity contribution in [1.82, 2.24) is 9.78 Å². The predicted molar refractivity (Wildman–Crippen MR) is 66.8 cm³/mol. The van der Waals surface area contributed by atoms with E-state index < -0.39 is 11.7 Å². The molecule has 0 spiro atoms. The van der Waals surface area contributed by atoms with Crippen LogP contribution in [0.3, 0.4) is 0 Å². The Morgan fingerprint density at radius 3 is 3.00 bits per heavy atom. The molecule has 0 saturated carbocycles. The number of carbonyl (C=O) groups is 1. The quantitative estimate of drug-likeness (QED) is 0.834. The summed E-state index contributed by atoms with van der Waals surface area (Å²) in [5.74, 6) is 0.610. The van der Waals surface area contributed by atoms with E-state index in [-0.39, 0.29) is 0 Å². The van der Waals surface area contributed by atoms with Gasteiger partial charge in [0.25, 0.3) is 0 Å². The van der Waals surface area contributed by atoms with Gasteiger partial charge in [-0.3, -0.25) is 5.32 Å². The van der Waals surface area contributed by atoms with Crippen LogP contribution in [0.2, 0.25) is 0 Å². The lowest BCUT2D eigenvalue weighted by Crippen LogP contribution is -2.27. The second-order valence-corrected chi connectivity index (χ2v) is 5.27. The van der Waals surface area contributed by atoms with E-state index in [2.05, 4.69) is 10.4 Å². The maximum absolute atomic E-state index is 11.7. The molecule has 0 unspecified atom stereocenters. The molecule has 6 heteroatoms. The van der Waals surface area contributed by atoms with Crippen LogP contribution in [0.25, 0.3) is 0 Å². The topological polar surface area (TPSA) is 65.4 Å². The Kier molecular flexibility index (Phi) is 3.45. The number of nitrogens with zero attached hydrogens (tertiary/aromatic N) is 2. The second-order valence-electron chi connectivity index (χ2n) is 5.27. The normalized spacial score (nSPS) is 15.3. The second kappa shape index (κ2) is 4.88. The molecule has 1 aliphatic heterocycles. The Hall–Kier alpha value is -1.72. The van der Waals surface area contributed by atoms with Crippen molar-refractivity contribution in [2.24, 2.45) is 0 Å². The SMILES string of the molecule is CC(C)(C)OC(=O)Nc1cnn2c1OCCCC2. The fourth-order valence-corrected chi connectivity index (χ4v) is 1.72. The number of anilines is 1. The third-order valence-corrected chi connectivity index (χ3v) is 2.43. The molecule has 100 valence electrons. The summed E-state index contributed by atoms with van der Waals surface area (Å²) in [6.07, 6.45) is 3.12. The molecule has 2 rings (SSSR count). The molecule has 18 heavy (non-hydrogen) atoms. The lowest BCUT2D eigenvalue weighted by molar-refractivity contribution is 0.0635. The smallest absolute Gasteiger partial charge is 0.412 e. The van der Waals surface area contributed by atoms with Crippen LogP contribution < -0.4 is 10.1 Å². The largest absolute Gasteiger partial charge is 0.476 e. The van der Waals surface area contributed by atoms with Crippen LogP contribution >= 0.6 is 0 Å². The number of aromatic nitrogens is 2. The summed E-state index contributed by atoms with van der Waals surface area (Å²) < 4.78 is 12.5. The number of ether oxygens (including phenoxy) is 2. The van der Waals surface area contributed by atoms with Crippen LogP contribution in [-0.2, 0) is 11.3 Å². The average Bonchev–Trinajstić information content (AvgIpc) is 2.47. The van der Waals surface area contributed by atoms with E-state index in [0.717, 1.165) is 19.4 Å². The lowest BCUT2D eigenvalue weighted by atomic mass is 10.2. The van der Waals surface area contributed by atoms with Crippen LogP contribution in [-0.4, -0.2) is 28.1 Å². The molecular weight excluding hydrogens is 234 g/mol. The molecule has 6 nitrogen and oxygen atoms in total. The van der Waals surface area contributed by atoms with Crippen LogP contribution in [0, 0.1) is 0 Å². The predicted octanol–water partition coefficient (Wildman–Crippen LogP) is 2.40. The van der Waals surface area contributed by atoms with Crippen LogP contribution in [0.1, 0.15) is 33.6 Å². The maximum atomic E-state index is 11.7.